The van der Waals surface area contributed by atoms with Gasteiger partial charge in [0, 0.05) is 27.6 Å². The van der Waals surface area contributed by atoms with Gasteiger partial charge < -0.3 is 5.32 Å². The third-order valence-corrected chi connectivity index (χ3v) is 3.10. The number of aromatic nitrogens is 2. The molecule has 0 aliphatic heterocycles. The summed E-state index contributed by atoms with van der Waals surface area (Å²) in [6.45, 7) is 0. The van der Waals surface area contributed by atoms with Crippen LogP contribution in [0.2, 0.25) is 0 Å². The molecule has 0 spiro atoms. The minimum atomic E-state index is -0.171. The molecule has 88 valence electrons. The molecule has 0 aliphatic rings. The third-order valence-electron chi connectivity index (χ3n) is 2.19. The molecule has 2 aromatic rings. The monoisotopic (exact) mass is 357 g/mol. The van der Waals surface area contributed by atoms with Crippen molar-refractivity contribution >= 4 is 43.6 Å². The zero-order valence-corrected chi connectivity index (χ0v) is 12.1. The summed E-state index contributed by atoms with van der Waals surface area (Å²) in [5.74, 6) is 0.488. The van der Waals surface area contributed by atoms with E-state index in [1.54, 1.807) is 36.1 Å². The molecule has 0 saturated carbocycles. The summed E-state index contributed by atoms with van der Waals surface area (Å²) < 4.78 is 3.30. The number of carbonyl (C=O) groups excluding carboxylic acids is 1. The number of halogens is 2. The molecule has 0 aliphatic carbocycles. The fraction of sp³-hybridized carbons (Fsp3) is 0.0909. The van der Waals surface area contributed by atoms with Crippen LogP contribution in [0.4, 0.5) is 5.82 Å². The number of hydrogen-bond acceptors (Lipinski definition) is 2. The molecule has 1 aromatic heterocycles. The Bertz CT molecular complexity index is 545. The zero-order chi connectivity index (χ0) is 12.4. The van der Waals surface area contributed by atoms with E-state index in [0.29, 0.717) is 11.4 Å². The number of nitrogens with zero attached hydrogens (tertiary/aromatic N) is 2. The largest absolute Gasteiger partial charge is 0.307 e. The van der Waals surface area contributed by atoms with Gasteiger partial charge in [-0.25, -0.2) is 0 Å². The average Bonchev–Trinajstić information content (AvgIpc) is 2.63. The van der Waals surface area contributed by atoms with E-state index in [-0.39, 0.29) is 5.91 Å². The van der Waals surface area contributed by atoms with Gasteiger partial charge in [-0.2, -0.15) is 5.10 Å². The van der Waals surface area contributed by atoms with Crippen molar-refractivity contribution in [2.24, 2.45) is 7.05 Å². The van der Waals surface area contributed by atoms with Gasteiger partial charge in [0.1, 0.15) is 5.82 Å². The van der Waals surface area contributed by atoms with Crippen LogP contribution in [0.15, 0.2) is 39.4 Å². The second-order valence-corrected chi connectivity index (χ2v) is 5.28. The van der Waals surface area contributed by atoms with E-state index in [4.69, 9.17) is 0 Å². The Kier molecular flexibility index (Phi) is 3.63. The minimum Gasteiger partial charge on any atom is -0.307 e. The van der Waals surface area contributed by atoms with Crippen molar-refractivity contribution in [3.63, 3.8) is 0 Å². The lowest BCUT2D eigenvalue weighted by Crippen LogP contribution is -2.14. The lowest BCUT2D eigenvalue weighted by Gasteiger charge is -2.06. The highest BCUT2D eigenvalue weighted by Gasteiger charge is 2.09. The summed E-state index contributed by atoms with van der Waals surface area (Å²) in [6, 6.07) is 7.14. The highest BCUT2D eigenvalue weighted by Crippen LogP contribution is 2.20. The first-order valence-corrected chi connectivity index (χ1v) is 6.40. The van der Waals surface area contributed by atoms with Crippen molar-refractivity contribution in [1.29, 1.82) is 0 Å². The maximum absolute atomic E-state index is 12.0. The Morgan fingerprint density at radius 3 is 2.47 bits per heavy atom. The number of anilines is 1. The topological polar surface area (TPSA) is 46.9 Å². The van der Waals surface area contributed by atoms with Gasteiger partial charge >= 0.3 is 0 Å². The van der Waals surface area contributed by atoms with Crippen LogP contribution in [0.25, 0.3) is 0 Å². The van der Waals surface area contributed by atoms with Gasteiger partial charge in [-0.15, -0.1) is 0 Å². The molecule has 4 nitrogen and oxygen atoms in total. The first-order valence-electron chi connectivity index (χ1n) is 4.82. The van der Waals surface area contributed by atoms with E-state index in [9.17, 15) is 4.79 Å². The predicted octanol–water partition coefficient (Wildman–Crippen LogP) is 3.20. The van der Waals surface area contributed by atoms with Crippen molar-refractivity contribution in [2.75, 3.05) is 5.32 Å². The summed E-state index contributed by atoms with van der Waals surface area (Å²) in [5, 5.41) is 6.76. The molecule has 6 heteroatoms. The molecular formula is C11H9Br2N3O. The van der Waals surface area contributed by atoms with Gasteiger partial charge in [0.05, 0.1) is 6.20 Å². The third kappa shape index (κ3) is 2.95. The van der Waals surface area contributed by atoms with E-state index < -0.39 is 0 Å². The molecule has 1 aromatic carbocycles. The van der Waals surface area contributed by atoms with Crippen LogP contribution in [-0.4, -0.2) is 15.7 Å². The lowest BCUT2D eigenvalue weighted by molar-refractivity contribution is 0.102. The van der Waals surface area contributed by atoms with Crippen molar-refractivity contribution in [2.45, 2.75) is 0 Å². The molecule has 1 N–H and O–H groups in total. The first kappa shape index (κ1) is 12.3. The molecule has 0 radical (unpaired) electrons. The molecule has 0 fully saturated rings. The Hall–Kier alpha value is -1.14. The molecule has 0 atom stereocenters. The van der Waals surface area contributed by atoms with Crippen LogP contribution in [0.3, 0.4) is 0 Å². The lowest BCUT2D eigenvalue weighted by atomic mass is 10.2. The van der Waals surface area contributed by atoms with E-state index >= 15 is 0 Å². The second kappa shape index (κ2) is 5.01. The summed E-state index contributed by atoms with van der Waals surface area (Å²) in [5.41, 5.74) is 0.576. The Morgan fingerprint density at radius 1 is 1.29 bits per heavy atom. The molecular weight excluding hydrogens is 350 g/mol. The maximum atomic E-state index is 12.0. The SMILES string of the molecule is Cn1nccc1NC(=O)c1cc(Br)cc(Br)c1. The maximum Gasteiger partial charge on any atom is 0.256 e. The number of nitrogens with one attached hydrogen (secondary N) is 1. The minimum absolute atomic E-state index is 0.171. The van der Waals surface area contributed by atoms with Crippen molar-refractivity contribution in [3.8, 4) is 0 Å². The molecule has 0 bridgehead atoms. The van der Waals surface area contributed by atoms with Crippen molar-refractivity contribution in [1.82, 2.24) is 9.78 Å². The molecule has 0 saturated heterocycles. The molecule has 1 amide bonds. The van der Waals surface area contributed by atoms with E-state index in [1.807, 2.05) is 6.07 Å². The zero-order valence-electron chi connectivity index (χ0n) is 8.95. The second-order valence-electron chi connectivity index (χ2n) is 3.45. The molecule has 2 rings (SSSR count). The van der Waals surface area contributed by atoms with Crippen LogP contribution in [-0.2, 0) is 7.05 Å². The number of benzene rings is 1. The Morgan fingerprint density at radius 2 is 1.94 bits per heavy atom. The van der Waals surface area contributed by atoms with E-state index in [0.717, 1.165) is 8.95 Å². The van der Waals surface area contributed by atoms with Crippen LogP contribution in [0.1, 0.15) is 10.4 Å². The summed E-state index contributed by atoms with van der Waals surface area (Å²) >= 11 is 6.69. The fourth-order valence-electron chi connectivity index (χ4n) is 1.37. The van der Waals surface area contributed by atoms with Gasteiger partial charge in [-0.3, -0.25) is 9.48 Å². The van der Waals surface area contributed by atoms with E-state index in [2.05, 4.69) is 42.3 Å². The van der Waals surface area contributed by atoms with Gasteiger partial charge in [0.15, 0.2) is 0 Å². The predicted molar refractivity (Wildman–Crippen MR) is 73.0 cm³/mol. The Labute approximate surface area is 115 Å². The van der Waals surface area contributed by atoms with Crippen molar-refractivity contribution in [3.05, 3.63) is 45.0 Å². The quantitative estimate of drug-likeness (QED) is 0.896. The fourth-order valence-corrected chi connectivity index (χ4v) is 2.66. The molecule has 0 unspecified atom stereocenters. The van der Waals surface area contributed by atoms with Crippen LogP contribution >= 0.6 is 31.9 Å². The normalized spacial score (nSPS) is 10.3. The summed E-state index contributed by atoms with van der Waals surface area (Å²) in [7, 11) is 1.77. The van der Waals surface area contributed by atoms with Gasteiger partial charge in [-0.05, 0) is 18.2 Å². The average molecular weight is 359 g/mol. The number of hydrogen-bond donors (Lipinski definition) is 1. The van der Waals surface area contributed by atoms with Gasteiger partial charge in [0.25, 0.3) is 5.91 Å². The molecule has 17 heavy (non-hydrogen) atoms. The van der Waals surface area contributed by atoms with Gasteiger partial charge in [-0.1, -0.05) is 31.9 Å². The van der Waals surface area contributed by atoms with Crippen LogP contribution < -0.4 is 5.32 Å². The summed E-state index contributed by atoms with van der Waals surface area (Å²) in [4.78, 5) is 12.0. The number of carbonyl (C=O) groups is 1. The number of amides is 1. The summed E-state index contributed by atoms with van der Waals surface area (Å²) in [6.07, 6.45) is 1.63. The number of rotatable bonds is 2. The van der Waals surface area contributed by atoms with E-state index in [1.165, 1.54) is 0 Å². The van der Waals surface area contributed by atoms with Gasteiger partial charge in [0.2, 0.25) is 0 Å². The van der Waals surface area contributed by atoms with Crippen molar-refractivity contribution < 1.29 is 4.79 Å². The highest BCUT2D eigenvalue weighted by atomic mass is 79.9. The van der Waals surface area contributed by atoms with Crippen LogP contribution in [0.5, 0.6) is 0 Å². The first-order chi connectivity index (χ1) is 8.06. The Balaban J connectivity index is 2.23. The molecule has 1 heterocycles. The standard InChI is InChI=1S/C11H9Br2N3O/c1-16-10(2-3-14-16)15-11(17)7-4-8(12)6-9(13)5-7/h2-6H,1H3,(H,15,17). The smallest absolute Gasteiger partial charge is 0.256 e. The van der Waals surface area contributed by atoms with Crippen LogP contribution in [0, 0.1) is 0 Å². The number of aryl methyl sites for hydroxylation is 1. The highest BCUT2D eigenvalue weighted by molar-refractivity contribution is 9.11.